The average molecular weight is 386 g/mol. The Labute approximate surface area is 168 Å². The third kappa shape index (κ3) is 2.96. The number of ether oxygens (including phenoxy) is 1. The Morgan fingerprint density at radius 2 is 1.96 bits per heavy atom. The van der Waals surface area contributed by atoms with E-state index in [0.29, 0.717) is 17.8 Å². The Bertz CT molecular complexity index is 717. The fourth-order valence-electron chi connectivity index (χ4n) is 7.67. The second-order valence-corrected chi connectivity index (χ2v) is 10.2. The molecule has 0 heterocycles. The van der Waals surface area contributed by atoms with E-state index < -0.39 is 0 Å². The molecular weight excluding hydrogens is 352 g/mol. The van der Waals surface area contributed by atoms with Gasteiger partial charge >= 0.3 is 5.97 Å². The number of carbonyl (C=O) groups is 2. The topological polar surface area (TPSA) is 78.0 Å². The number of rotatable bonds is 4. The molecule has 4 aliphatic carbocycles. The minimum atomic E-state index is -0.174. The maximum atomic E-state index is 12.6. The lowest BCUT2D eigenvalue weighted by atomic mass is 9.47. The summed E-state index contributed by atoms with van der Waals surface area (Å²) in [4.78, 5) is 24.0. The molecule has 0 aromatic carbocycles. The zero-order valence-corrected chi connectivity index (χ0v) is 17.4. The summed E-state index contributed by atoms with van der Waals surface area (Å²) in [6.07, 6.45) is 10.8. The number of ketones is 1. The Morgan fingerprint density at radius 3 is 2.68 bits per heavy atom. The lowest BCUT2D eigenvalue weighted by Crippen LogP contribution is -2.51. The van der Waals surface area contributed by atoms with Gasteiger partial charge in [0.25, 0.3) is 0 Å². The van der Waals surface area contributed by atoms with E-state index in [9.17, 15) is 9.59 Å². The zero-order valence-electron chi connectivity index (χ0n) is 17.4. The molecule has 0 amide bonds. The molecule has 4 rings (SSSR count). The first kappa shape index (κ1) is 19.8. The minimum absolute atomic E-state index is 0.0398. The molecule has 5 heteroatoms. The summed E-state index contributed by atoms with van der Waals surface area (Å²) in [7, 11) is 0. The van der Waals surface area contributed by atoms with Gasteiger partial charge in [0.2, 0.25) is 0 Å². The standard InChI is InChI=1S/C23H33N2O3/c1-14(26)28-16-8-10-22(2)15(12-16)4-5-17-18-6-7-20(21(27)13-25-24)23(18,3)11-9-19(17)22/h4,16-20H,5-13H2,1-3H3/q-1/t16-,17-,18-,19-,20+,22-,23-/m0/s1. The zero-order chi connectivity index (χ0) is 20.1. The van der Waals surface area contributed by atoms with Crippen molar-refractivity contribution in [3.63, 3.8) is 0 Å². The van der Waals surface area contributed by atoms with Crippen LogP contribution in [0.3, 0.4) is 0 Å². The molecule has 0 bridgehead atoms. The summed E-state index contributed by atoms with van der Waals surface area (Å²) < 4.78 is 5.52. The fraction of sp³-hybridized carbons (Fsp3) is 0.826. The van der Waals surface area contributed by atoms with Crippen LogP contribution in [-0.2, 0) is 14.3 Å². The van der Waals surface area contributed by atoms with Gasteiger partial charge in [-0.2, -0.15) is 0 Å². The summed E-state index contributed by atoms with van der Waals surface area (Å²) in [5, 5.41) is 3.13. The number of nitrogens with zero attached hydrogens (tertiary/aromatic N) is 2. The van der Waals surface area contributed by atoms with Crippen LogP contribution < -0.4 is 0 Å². The van der Waals surface area contributed by atoms with Crippen LogP contribution in [-0.4, -0.2) is 24.4 Å². The fourth-order valence-corrected chi connectivity index (χ4v) is 7.67. The second kappa shape index (κ2) is 7.07. The highest BCUT2D eigenvalue weighted by atomic mass is 16.5. The SMILES string of the molecule is CC(=O)O[C@H]1CC[C@@]2(C)C(=CC[C@H]3[C@@H]4CC[C@H](C(=O)CN=[N-])[C@@]4(C)CC[C@@H]32)C1. The van der Waals surface area contributed by atoms with Crippen molar-refractivity contribution in [3.05, 3.63) is 17.2 Å². The van der Waals surface area contributed by atoms with E-state index in [0.717, 1.165) is 44.9 Å². The molecule has 0 unspecified atom stereocenters. The highest BCUT2D eigenvalue weighted by molar-refractivity contribution is 5.84. The summed E-state index contributed by atoms with van der Waals surface area (Å²) in [5.74, 6) is 1.88. The van der Waals surface area contributed by atoms with Crippen LogP contribution in [0.4, 0.5) is 0 Å². The van der Waals surface area contributed by atoms with E-state index in [-0.39, 0.29) is 41.1 Å². The number of allylic oxidation sites excluding steroid dienone is 1. The first-order valence-corrected chi connectivity index (χ1v) is 11.0. The van der Waals surface area contributed by atoms with Crippen LogP contribution in [0.25, 0.3) is 5.53 Å². The van der Waals surface area contributed by atoms with Crippen LogP contribution in [0.1, 0.15) is 72.1 Å². The van der Waals surface area contributed by atoms with Gasteiger partial charge in [0.15, 0.2) is 5.78 Å². The average Bonchev–Trinajstić information content (AvgIpc) is 2.99. The van der Waals surface area contributed by atoms with Crippen LogP contribution in [0, 0.1) is 34.5 Å². The molecule has 0 saturated heterocycles. The van der Waals surface area contributed by atoms with Crippen LogP contribution in [0.15, 0.2) is 16.8 Å². The third-order valence-electron chi connectivity index (χ3n) is 9.01. The Morgan fingerprint density at radius 1 is 1.18 bits per heavy atom. The van der Waals surface area contributed by atoms with Crippen molar-refractivity contribution in [2.45, 2.75) is 78.2 Å². The van der Waals surface area contributed by atoms with Crippen molar-refractivity contribution in [1.29, 1.82) is 0 Å². The van der Waals surface area contributed by atoms with Crippen molar-refractivity contribution >= 4 is 11.8 Å². The van der Waals surface area contributed by atoms with E-state index in [1.54, 1.807) is 0 Å². The maximum absolute atomic E-state index is 12.6. The monoisotopic (exact) mass is 385 g/mol. The molecule has 0 aromatic heterocycles. The molecular formula is C23H33N2O3-. The summed E-state index contributed by atoms with van der Waals surface area (Å²) in [6, 6.07) is 0. The largest absolute Gasteiger partial charge is 0.712 e. The lowest BCUT2D eigenvalue weighted by Gasteiger charge is -2.58. The molecule has 0 aliphatic heterocycles. The first-order chi connectivity index (χ1) is 13.3. The molecule has 154 valence electrons. The van der Waals surface area contributed by atoms with Gasteiger partial charge in [-0.05, 0) is 73.5 Å². The number of hydrogen-bond acceptors (Lipinski definition) is 4. The van der Waals surface area contributed by atoms with Gasteiger partial charge in [-0.25, -0.2) is 0 Å². The smallest absolute Gasteiger partial charge is 0.302 e. The Kier molecular flexibility index (Phi) is 4.99. The lowest BCUT2D eigenvalue weighted by molar-refractivity contribution is -0.149. The molecule has 3 fully saturated rings. The quantitative estimate of drug-likeness (QED) is 0.384. The maximum Gasteiger partial charge on any atom is 0.302 e. The summed E-state index contributed by atoms with van der Waals surface area (Å²) >= 11 is 0. The predicted octanol–water partition coefficient (Wildman–Crippen LogP) is 5.09. The number of hydrogen-bond donors (Lipinski definition) is 0. The van der Waals surface area contributed by atoms with Crippen LogP contribution >= 0.6 is 0 Å². The van der Waals surface area contributed by atoms with Crippen molar-refractivity contribution in [2.24, 2.45) is 39.6 Å². The van der Waals surface area contributed by atoms with Gasteiger partial charge in [0, 0.05) is 19.3 Å². The van der Waals surface area contributed by atoms with Gasteiger partial charge in [-0.15, -0.1) is 0 Å². The van der Waals surface area contributed by atoms with Crippen molar-refractivity contribution in [1.82, 2.24) is 0 Å². The molecule has 0 spiro atoms. The molecule has 0 N–H and O–H groups in total. The Balaban J connectivity index is 1.56. The minimum Gasteiger partial charge on any atom is -0.712 e. The van der Waals surface area contributed by atoms with E-state index >= 15 is 0 Å². The molecule has 4 aliphatic rings. The molecule has 28 heavy (non-hydrogen) atoms. The van der Waals surface area contributed by atoms with Crippen LogP contribution in [0.2, 0.25) is 0 Å². The second-order valence-electron chi connectivity index (χ2n) is 10.2. The highest BCUT2D eigenvalue weighted by Gasteiger charge is 2.59. The third-order valence-corrected chi connectivity index (χ3v) is 9.01. The molecule has 3 saturated carbocycles. The van der Waals surface area contributed by atoms with Crippen molar-refractivity contribution in [2.75, 3.05) is 6.54 Å². The number of Topliss-reactive ketones (excluding diaryl/α,β-unsaturated/α-hetero) is 1. The number of fused-ring (bicyclic) bond motifs is 5. The highest BCUT2D eigenvalue weighted by Crippen LogP contribution is 2.66. The molecule has 0 radical (unpaired) electrons. The first-order valence-electron chi connectivity index (χ1n) is 11.0. The van der Waals surface area contributed by atoms with E-state index in [1.807, 2.05) is 0 Å². The molecule has 0 aromatic rings. The normalized spacial score (nSPS) is 44.5. The molecule has 5 nitrogen and oxygen atoms in total. The Hall–Kier alpha value is -1.52. The van der Waals surface area contributed by atoms with Crippen molar-refractivity contribution < 1.29 is 14.3 Å². The van der Waals surface area contributed by atoms with Gasteiger partial charge in [0.1, 0.15) is 6.10 Å². The van der Waals surface area contributed by atoms with Gasteiger partial charge in [-0.3, -0.25) is 9.59 Å². The predicted molar refractivity (Wildman–Crippen MR) is 106 cm³/mol. The van der Waals surface area contributed by atoms with E-state index in [1.165, 1.54) is 18.9 Å². The number of carbonyl (C=O) groups excluding carboxylic acids is 2. The van der Waals surface area contributed by atoms with Gasteiger partial charge in [0.05, 0.1) is 6.54 Å². The number of esters is 1. The summed E-state index contributed by atoms with van der Waals surface area (Å²) in [5.41, 5.74) is 10.6. The van der Waals surface area contributed by atoms with Gasteiger partial charge in [-0.1, -0.05) is 25.5 Å². The van der Waals surface area contributed by atoms with E-state index in [2.05, 4.69) is 25.0 Å². The summed E-state index contributed by atoms with van der Waals surface area (Å²) in [6.45, 7) is 6.20. The van der Waals surface area contributed by atoms with Crippen LogP contribution in [0.5, 0.6) is 0 Å². The van der Waals surface area contributed by atoms with Gasteiger partial charge < -0.3 is 15.4 Å². The van der Waals surface area contributed by atoms with Crippen molar-refractivity contribution in [3.8, 4) is 0 Å². The van der Waals surface area contributed by atoms with E-state index in [4.69, 9.17) is 10.3 Å². The molecule has 7 atom stereocenters.